The van der Waals surface area contributed by atoms with Gasteiger partial charge in [-0.05, 0) is 32.0 Å². The van der Waals surface area contributed by atoms with Crippen molar-refractivity contribution in [2.75, 3.05) is 0 Å². The van der Waals surface area contributed by atoms with Crippen molar-refractivity contribution in [3.63, 3.8) is 0 Å². The van der Waals surface area contributed by atoms with Crippen LogP contribution in [0, 0.1) is 13.8 Å². The maximum absolute atomic E-state index is 13.0. The van der Waals surface area contributed by atoms with Crippen molar-refractivity contribution in [2.45, 2.75) is 24.4 Å². The number of nitrogens with zero attached hydrogens (tertiary/aromatic N) is 2. The van der Waals surface area contributed by atoms with E-state index in [0.717, 1.165) is 23.1 Å². The second kappa shape index (κ2) is 8.60. The molecule has 0 bridgehead atoms. The number of amides is 1. The average molecular weight is 377 g/mol. The van der Waals surface area contributed by atoms with Crippen molar-refractivity contribution in [3.8, 4) is 0 Å². The molecule has 3 rings (SSSR count). The van der Waals surface area contributed by atoms with Gasteiger partial charge in [0.1, 0.15) is 5.37 Å². The summed E-state index contributed by atoms with van der Waals surface area (Å²) < 4.78 is 0. The lowest BCUT2D eigenvalue weighted by Gasteiger charge is -2.17. The average Bonchev–Trinajstić information content (AvgIpc) is 2.67. The number of hydrogen-bond acceptors (Lipinski definition) is 5. The molecule has 1 amide bonds. The first-order valence-corrected chi connectivity index (χ1v) is 9.35. The summed E-state index contributed by atoms with van der Waals surface area (Å²) >= 11 is 1.14. The van der Waals surface area contributed by atoms with E-state index in [0.29, 0.717) is 16.3 Å². The van der Waals surface area contributed by atoms with Gasteiger partial charge in [0, 0.05) is 22.5 Å². The van der Waals surface area contributed by atoms with E-state index in [9.17, 15) is 9.59 Å². The van der Waals surface area contributed by atoms with Crippen LogP contribution in [0.4, 0.5) is 0 Å². The van der Waals surface area contributed by atoms with Crippen LogP contribution >= 0.6 is 11.8 Å². The molecule has 1 N–H and O–H groups in total. The van der Waals surface area contributed by atoms with Gasteiger partial charge >= 0.3 is 0 Å². The lowest BCUT2D eigenvalue weighted by atomic mass is 10.1. The maximum Gasteiger partial charge on any atom is 0.252 e. The largest absolute Gasteiger partial charge is 0.333 e. The summed E-state index contributed by atoms with van der Waals surface area (Å²) in [5.41, 5.74) is 2.63. The van der Waals surface area contributed by atoms with Crippen LogP contribution in [-0.4, -0.2) is 27.0 Å². The first kappa shape index (κ1) is 18.8. The van der Waals surface area contributed by atoms with Crippen molar-refractivity contribution in [1.82, 2.24) is 15.3 Å². The third kappa shape index (κ3) is 5.01. The zero-order chi connectivity index (χ0) is 19.2. The standard InChI is InChI=1S/C21H19N3O2S/c1-14-13-15(2)23-21(22-14)27-20(18(25)16-9-5-3-6-10-16)24-19(26)17-11-7-4-8-12-17/h3-13,20H,1-2H3,(H,24,26). The molecule has 1 atom stereocenters. The van der Waals surface area contributed by atoms with Gasteiger partial charge in [-0.15, -0.1) is 0 Å². The van der Waals surface area contributed by atoms with Gasteiger partial charge in [0.25, 0.3) is 5.91 Å². The first-order chi connectivity index (χ1) is 13.0. The van der Waals surface area contributed by atoms with Gasteiger partial charge in [0.15, 0.2) is 10.9 Å². The number of hydrogen-bond donors (Lipinski definition) is 1. The number of rotatable bonds is 6. The highest BCUT2D eigenvalue weighted by Crippen LogP contribution is 2.22. The van der Waals surface area contributed by atoms with Crippen LogP contribution in [-0.2, 0) is 0 Å². The third-order valence-electron chi connectivity index (χ3n) is 3.78. The highest BCUT2D eigenvalue weighted by Gasteiger charge is 2.25. The summed E-state index contributed by atoms with van der Waals surface area (Å²) in [5, 5.41) is 2.44. The molecule has 0 radical (unpaired) electrons. The van der Waals surface area contributed by atoms with Crippen molar-refractivity contribution >= 4 is 23.5 Å². The number of thioether (sulfide) groups is 1. The third-order valence-corrected chi connectivity index (χ3v) is 4.74. The normalized spacial score (nSPS) is 11.6. The maximum atomic E-state index is 13.0. The molecule has 1 aromatic heterocycles. The second-order valence-corrected chi connectivity index (χ2v) is 7.07. The van der Waals surface area contributed by atoms with Crippen LogP contribution in [0.3, 0.4) is 0 Å². The SMILES string of the molecule is Cc1cc(C)nc(SC(NC(=O)c2ccccc2)C(=O)c2ccccc2)n1. The molecular formula is C21H19N3O2S. The van der Waals surface area contributed by atoms with Crippen LogP contribution in [0.2, 0.25) is 0 Å². The van der Waals surface area contributed by atoms with Crippen molar-refractivity contribution in [2.24, 2.45) is 0 Å². The molecule has 0 aliphatic rings. The summed E-state index contributed by atoms with van der Waals surface area (Å²) in [6.07, 6.45) is 0. The predicted molar refractivity (Wildman–Crippen MR) is 106 cm³/mol. The van der Waals surface area contributed by atoms with Gasteiger partial charge in [-0.2, -0.15) is 0 Å². The molecule has 0 aliphatic heterocycles. The molecule has 6 heteroatoms. The van der Waals surface area contributed by atoms with E-state index in [1.54, 1.807) is 48.5 Å². The van der Waals surface area contributed by atoms with E-state index in [-0.39, 0.29) is 11.7 Å². The van der Waals surface area contributed by atoms with Gasteiger partial charge in [0.05, 0.1) is 0 Å². The van der Waals surface area contributed by atoms with Gasteiger partial charge in [-0.1, -0.05) is 60.3 Å². The summed E-state index contributed by atoms with van der Waals surface area (Å²) in [4.78, 5) is 34.3. The van der Waals surface area contributed by atoms with Crippen molar-refractivity contribution in [3.05, 3.63) is 89.2 Å². The number of Topliss-reactive ketones (excluding diaryl/α,β-unsaturated/α-hetero) is 1. The molecule has 136 valence electrons. The minimum absolute atomic E-state index is 0.201. The predicted octanol–water partition coefficient (Wildman–Crippen LogP) is 3.82. The number of carbonyl (C=O) groups is 2. The Morgan fingerprint density at radius 3 is 1.93 bits per heavy atom. The van der Waals surface area contributed by atoms with E-state index in [1.165, 1.54) is 0 Å². The molecule has 0 aliphatic carbocycles. The molecule has 0 fully saturated rings. The Balaban J connectivity index is 1.88. The quantitative estimate of drug-likeness (QED) is 0.306. The number of nitrogens with one attached hydrogen (secondary N) is 1. The zero-order valence-electron chi connectivity index (χ0n) is 15.0. The van der Waals surface area contributed by atoms with E-state index in [4.69, 9.17) is 0 Å². The lowest BCUT2D eigenvalue weighted by molar-refractivity contribution is 0.0892. The summed E-state index contributed by atoms with van der Waals surface area (Å²) in [6, 6.07) is 19.6. The van der Waals surface area contributed by atoms with E-state index < -0.39 is 5.37 Å². The highest BCUT2D eigenvalue weighted by molar-refractivity contribution is 8.00. The number of aryl methyl sites for hydroxylation is 2. The number of benzene rings is 2. The van der Waals surface area contributed by atoms with Gasteiger partial charge in [-0.25, -0.2) is 9.97 Å². The number of carbonyl (C=O) groups excluding carboxylic acids is 2. The van der Waals surface area contributed by atoms with Crippen LogP contribution in [0.1, 0.15) is 32.1 Å². The fraction of sp³-hybridized carbons (Fsp3) is 0.143. The Kier molecular flexibility index (Phi) is 5.98. The van der Waals surface area contributed by atoms with Crippen molar-refractivity contribution in [1.29, 1.82) is 0 Å². The monoisotopic (exact) mass is 377 g/mol. The Labute approximate surface area is 162 Å². The summed E-state index contributed by atoms with van der Waals surface area (Å²) in [7, 11) is 0. The lowest BCUT2D eigenvalue weighted by Crippen LogP contribution is -2.38. The topological polar surface area (TPSA) is 72.0 Å². The van der Waals surface area contributed by atoms with E-state index in [2.05, 4.69) is 15.3 Å². The molecular weight excluding hydrogens is 358 g/mol. The molecule has 0 spiro atoms. The minimum atomic E-state index is -0.832. The Morgan fingerprint density at radius 1 is 0.852 bits per heavy atom. The minimum Gasteiger partial charge on any atom is -0.333 e. The fourth-order valence-electron chi connectivity index (χ4n) is 2.55. The summed E-state index contributed by atoms with van der Waals surface area (Å²) in [5.74, 6) is -0.519. The molecule has 27 heavy (non-hydrogen) atoms. The van der Waals surface area contributed by atoms with Crippen molar-refractivity contribution < 1.29 is 9.59 Å². The smallest absolute Gasteiger partial charge is 0.252 e. The van der Waals surface area contributed by atoms with Gasteiger partial charge in [0.2, 0.25) is 0 Å². The second-order valence-electron chi connectivity index (χ2n) is 6.00. The van der Waals surface area contributed by atoms with Crippen LogP contribution in [0.15, 0.2) is 71.9 Å². The van der Waals surface area contributed by atoms with Crippen LogP contribution < -0.4 is 5.32 Å². The highest BCUT2D eigenvalue weighted by atomic mass is 32.2. The number of ketones is 1. The molecule has 1 unspecified atom stereocenters. The van der Waals surface area contributed by atoms with Gasteiger partial charge in [-0.3, -0.25) is 9.59 Å². The molecule has 0 saturated carbocycles. The Hall–Kier alpha value is -2.99. The molecule has 1 heterocycles. The van der Waals surface area contributed by atoms with E-state index in [1.807, 2.05) is 32.0 Å². The molecule has 3 aromatic rings. The molecule has 0 saturated heterocycles. The van der Waals surface area contributed by atoms with Crippen LogP contribution in [0.5, 0.6) is 0 Å². The zero-order valence-corrected chi connectivity index (χ0v) is 15.9. The molecule has 2 aromatic carbocycles. The Morgan fingerprint density at radius 2 is 1.37 bits per heavy atom. The van der Waals surface area contributed by atoms with Gasteiger partial charge < -0.3 is 5.32 Å². The number of aromatic nitrogens is 2. The van der Waals surface area contributed by atoms with E-state index >= 15 is 0 Å². The Bertz CT molecular complexity index is 926. The fourth-order valence-corrected chi connectivity index (χ4v) is 3.56. The first-order valence-electron chi connectivity index (χ1n) is 8.47. The molecule has 5 nitrogen and oxygen atoms in total. The van der Waals surface area contributed by atoms with Crippen LogP contribution in [0.25, 0.3) is 0 Å². The summed E-state index contributed by atoms with van der Waals surface area (Å²) in [6.45, 7) is 3.74.